The van der Waals surface area contributed by atoms with Crippen LogP contribution in [0.2, 0.25) is 15.1 Å². The van der Waals surface area contributed by atoms with Crippen molar-refractivity contribution in [2.75, 3.05) is 24.5 Å². The van der Waals surface area contributed by atoms with E-state index in [9.17, 15) is 9.90 Å². The van der Waals surface area contributed by atoms with Gasteiger partial charge in [0.15, 0.2) is 0 Å². The number of aryl methyl sites for hydroxylation is 2. The van der Waals surface area contributed by atoms with Crippen LogP contribution in [-0.4, -0.2) is 35.5 Å². The highest BCUT2D eigenvalue weighted by Gasteiger charge is 2.33. The minimum absolute atomic E-state index is 0.0409. The third-order valence-corrected chi connectivity index (χ3v) is 6.66. The molecule has 1 saturated heterocycles. The standard InChI is InChI=1S/C25H23Cl3N2O2/c1-15-11-20(31)12-16(2)24(15)25(32)29-9-10-30(22-8-7-19(27)13-21(22)28)23(14-29)17-3-5-18(26)6-4-17/h3-8,11-13,23,31H,9-10,14H2,1-2H3. The van der Waals surface area contributed by atoms with E-state index in [1.807, 2.05) is 55.1 Å². The van der Waals surface area contributed by atoms with Crippen LogP contribution in [0.4, 0.5) is 5.69 Å². The van der Waals surface area contributed by atoms with Crippen molar-refractivity contribution in [2.24, 2.45) is 0 Å². The zero-order valence-corrected chi connectivity index (χ0v) is 20.0. The predicted octanol–water partition coefficient (Wildman–Crippen LogP) is 6.67. The average molecular weight is 490 g/mol. The molecule has 7 heteroatoms. The Morgan fingerprint density at radius 1 is 0.906 bits per heavy atom. The maximum atomic E-state index is 13.5. The molecule has 1 atom stereocenters. The van der Waals surface area contributed by atoms with Gasteiger partial charge in [-0.05, 0) is 73.0 Å². The minimum Gasteiger partial charge on any atom is -0.508 e. The van der Waals surface area contributed by atoms with E-state index in [0.29, 0.717) is 40.3 Å². The first kappa shape index (κ1) is 22.8. The molecular formula is C25H23Cl3N2O2. The minimum atomic E-state index is -0.110. The van der Waals surface area contributed by atoms with Gasteiger partial charge in [0.2, 0.25) is 0 Å². The Balaban J connectivity index is 1.70. The Morgan fingerprint density at radius 2 is 1.53 bits per heavy atom. The molecule has 166 valence electrons. The van der Waals surface area contributed by atoms with Gasteiger partial charge in [-0.15, -0.1) is 0 Å². The Morgan fingerprint density at radius 3 is 2.16 bits per heavy atom. The number of rotatable bonds is 3. The van der Waals surface area contributed by atoms with Crippen LogP contribution < -0.4 is 4.90 Å². The molecule has 3 aromatic rings. The quantitative estimate of drug-likeness (QED) is 0.447. The molecule has 0 saturated carbocycles. The van der Waals surface area contributed by atoms with Crippen LogP contribution >= 0.6 is 34.8 Å². The SMILES string of the molecule is Cc1cc(O)cc(C)c1C(=O)N1CCN(c2ccc(Cl)cc2Cl)C(c2ccc(Cl)cc2)C1. The fourth-order valence-corrected chi connectivity index (χ4v) is 5.02. The second kappa shape index (κ2) is 9.22. The summed E-state index contributed by atoms with van der Waals surface area (Å²) >= 11 is 18.8. The molecule has 1 N–H and O–H groups in total. The fraction of sp³-hybridized carbons (Fsp3) is 0.240. The number of carbonyl (C=O) groups excluding carboxylic acids is 1. The number of hydrogen-bond acceptors (Lipinski definition) is 3. The number of halogens is 3. The van der Waals surface area contributed by atoms with Crippen LogP contribution in [-0.2, 0) is 0 Å². The van der Waals surface area contributed by atoms with Crippen molar-refractivity contribution in [2.45, 2.75) is 19.9 Å². The van der Waals surface area contributed by atoms with E-state index in [0.717, 1.165) is 22.4 Å². The first-order valence-electron chi connectivity index (χ1n) is 10.3. The smallest absolute Gasteiger partial charge is 0.254 e. The molecule has 1 amide bonds. The maximum absolute atomic E-state index is 13.5. The lowest BCUT2D eigenvalue weighted by molar-refractivity contribution is 0.0720. The highest BCUT2D eigenvalue weighted by Crippen LogP contribution is 2.37. The van der Waals surface area contributed by atoms with E-state index in [-0.39, 0.29) is 17.7 Å². The van der Waals surface area contributed by atoms with Crippen LogP contribution in [0.25, 0.3) is 0 Å². The van der Waals surface area contributed by atoms with Gasteiger partial charge >= 0.3 is 0 Å². The molecule has 0 radical (unpaired) electrons. The second-order valence-corrected chi connectivity index (χ2v) is 9.34. The summed E-state index contributed by atoms with van der Waals surface area (Å²) < 4.78 is 0. The van der Waals surface area contributed by atoms with Gasteiger partial charge in [-0.1, -0.05) is 46.9 Å². The highest BCUT2D eigenvalue weighted by atomic mass is 35.5. The maximum Gasteiger partial charge on any atom is 0.254 e. The Kier molecular flexibility index (Phi) is 6.57. The Bertz CT molecular complexity index is 1140. The van der Waals surface area contributed by atoms with Gasteiger partial charge in [-0.3, -0.25) is 4.79 Å². The predicted molar refractivity (Wildman–Crippen MR) is 131 cm³/mol. The number of carbonyl (C=O) groups is 1. The topological polar surface area (TPSA) is 43.8 Å². The van der Waals surface area contributed by atoms with E-state index in [1.165, 1.54) is 0 Å². The molecule has 1 aliphatic heterocycles. The van der Waals surface area contributed by atoms with Crippen molar-refractivity contribution in [3.63, 3.8) is 0 Å². The Hall–Kier alpha value is -2.40. The Labute approximate surface area is 202 Å². The van der Waals surface area contributed by atoms with E-state index < -0.39 is 0 Å². The van der Waals surface area contributed by atoms with Crippen molar-refractivity contribution in [1.29, 1.82) is 0 Å². The first-order chi connectivity index (χ1) is 15.2. The number of nitrogens with zero attached hydrogens (tertiary/aromatic N) is 2. The normalized spacial score (nSPS) is 16.3. The number of hydrogen-bond donors (Lipinski definition) is 1. The first-order valence-corrected chi connectivity index (χ1v) is 11.4. The molecule has 4 rings (SSSR count). The largest absolute Gasteiger partial charge is 0.508 e. The van der Waals surface area contributed by atoms with Crippen molar-refractivity contribution in [1.82, 2.24) is 4.90 Å². The van der Waals surface area contributed by atoms with E-state index in [4.69, 9.17) is 34.8 Å². The lowest BCUT2D eigenvalue weighted by Gasteiger charge is -2.43. The number of aromatic hydroxyl groups is 1. The van der Waals surface area contributed by atoms with Gasteiger partial charge < -0.3 is 14.9 Å². The number of phenols is 1. The highest BCUT2D eigenvalue weighted by molar-refractivity contribution is 6.36. The lowest BCUT2D eigenvalue weighted by atomic mass is 9.98. The van der Waals surface area contributed by atoms with Crippen molar-refractivity contribution >= 4 is 46.4 Å². The third kappa shape index (κ3) is 4.54. The molecule has 3 aromatic carbocycles. The molecule has 0 aliphatic carbocycles. The monoisotopic (exact) mass is 488 g/mol. The molecule has 0 aromatic heterocycles. The summed E-state index contributed by atoms with van der Waals surface area (Å²) in [5.41, 5.74) is 4.07. The van der Waals surface area contributed by atoms with Crippen LogP contribution in [0.15, 0.2) is 54.6 Å². The van der Waals surface area contributed by atoms with Crippen molar-refractivity contribution in [3.8, 4) is 5.75 Å². The molecule has 1 fully saturated rings. The van der Waals surface area contributed by atoms with Crippen molar-refractivity contribution < 1.29 is 9.90 Å². The molecule has 4 nitrogen and oxygen atoms in total. The van der Waals surface area contributed by atoms with Gasteiger partial charge in [0.25, 0.3) is 5.91 Å². The number of benzene rings is 3. The summed E-state index contributed by atoms with van der Waals surface area (Å²) in [6, 6.07) is 16.3. The van der Waals surface area contributed by atoms with E-state index >= 15 is 0 Å². The number of amides is 1. The number of anilines is 1. The number of phenolic OH excluding ortho intramolecular Hbond substituents is 1. The zero-order valence-electron chi connectivity index (χ0n) is 17.8. The van der Waals surface area contributed by atoms with Crippen LogP contribution in [0.3, 0.4) is 0 Å². The lowest BCUT2D eigenvalue weighted by Crippen LogP contribution is -2.51. The van der Waals surface area contributed by atoms with Gasteiger partial charge in [-0.2, -0.15) is 0 Å². The summed E-state index contributed by atoms with van der Waals surface area (Å²) in [5, 5.41) is 11.7. The van der Waals surface area contributed by atoms with E-state index in [2.05, 4.69) is 4.90 Å². The van der Waals surface area contributed by atoms with E-state index in [1.54, 1.807) is 18.2 Å². The van der Waals surface area contributed by atoms with Gasteiger partial charge in [0.05, 0.1) is 16.8 Å². The summed E-state index contributed by atoms with van der Waals surface area (Å²) in [6.07, 6.45) is 0. The molecule has 0 bridgehead atoms. The second-order valence-electron chi connectivity index (χ2n) is 8.06. The van der Waals surface area contributed by atoms with Crippen LogP contribution in [0.5, 0.6) is 5.75 Å². The summed E-state index contributed by atoms with van der Waals surface area (Å²) in [5.74, 6) is 0.124. The number of piperazine rings is 1. The average Bonchev–Trinajstić information content (AvgIpc) is 2.73. The van der Waals surface area contributed by atoms with Gasteiger partial charge in [0, 0.05) is 35.2 Å². The molecule has 1 aliphatic rings. The molecule has 0 spiro atoms. The molecule has 1 heterocycles. The van der Waals surface area contributed by atoms with Crippen molar-refractivity contribution in [3.05, 3.63) is 91.9 Å². The summed E-state index contributed by atoms with van der Waals surface area (Å²) in [4.78, 5) is 17.6. The molecular weight excluding hydrogens is 467 g/mol. The molecule has 1 unspecified atom stereocenters. The summed E-state index contributed by atoms with van der Waals surface area (Å²) in [7, 11) is 0. The van der Waals surface area contributed by atoms with Crippen LogP contribution in [0, 0.1) is 13.8 Å². The summed E-state index contributed by atoms with van der Waals surface area (Å²) in [6.45, 7) is 5.33. The molecule has 32 heavy (non-hydrogen) atoms. The zero-order chi connectivity index (χ0) is 23.0. The third-order valence-electron chi connectivity index (χ3n) is 5.87. The van der Waals surface area contributed by atoms with Gasteiger partial charge in [-0.25, -0.2) is 0 Å². The fourth-order valence-electron chi connectivity index (χ4n) is 4.38. The van der Waals surface area contributed by atoms with Gasteiger partial charge in [0.1, 0.15) is 5.75 Å². The van der Waals surface area contributed by atoms with Crippen LogP contribution in [0.1, 0.15) is 33.1 Å².